The summed E-state index contributed by atoms with van der Waals surface area (Å²) in [6.45, 7) is 7.35. The molecule has 2 rings (SSSR count). The van der Waals surface area contributed by atoms with Gasteiger partial charge in [0.25, 0.3) is 0 Å². The predicted molar refractivity (Wildman–Crippen MR) is 57.7 cm³/mol. The number of nitrogens with zero attached hydrogens (tertiary/aromatic N) is 2. The highest BCUT2D eigenvalue weighted by Gasteiger charge is 2.35. The smallest absolute Gasteiger partial charge is 0.239 e. The molecule has 0 aliphatic carbocycles. The maximum absolute atomic E-state index is 12.0. The topological polar surface area (TPSA) is 32.8 Å². The molecule has 2 aliphatic rings. The molecule has 2 heterocycles. The first kappa shape index (κ1) is 10.9. The molecule has 4 nitrogen and oxygen atoms in total. The summed E-state index contributed by atoms with van der Waals surface area (Å²) in [4.78, 5) is 16.3. The number of hydrogen-bond donors (Lipinski definition) is 0. The molecule has 0 spiro atoms. The Hall–Kier alpha value is -0.610. The highest BCUT2D eigenvalue weighted by Crippen LogP contribution is 2.18. The van der Waals surface area contributed by atoms with E-state index in [1.54, 1.807) is 0 Å². The fourth-order valence-electron chi connectivity index (χ4n) is 2.44. The van der Waals surface area contributed by atoms with Crippen molar-refractivity contribution in [2.75, 3.05) is 39.4 Å². The largest absolute Gasteiger partial charge is 0.379 e. The van der Waals surface area contributed by atoms with Gasteiger partial charge in [0, 0.05) is 26.2 Å². The van der Waals surface area contributed by atoms with Crippen molar-refractivity contribution in [3.8, 4) is 0 Å². The van der Waals surface area contributed by atoms with Gasteiger partial charge in [0.05, 0.1) is 19.3 Å². The average Bonchev–Trinajstić information content (AvgIpc) is 2.63. The number of ether oxygens (including phenoxy) is 1. The molecule has 86 valence electrons. The monoisotopic (exact) mass is 212 g/mol. The zero-order valence-corrected chi connectivity index (χ0v) is 9.45. The van der Waals surface area contributed by atoms with Crippen LogP contribution in [0, 0.1) is 0 Å². The molecule has 15 heavy (non-hydrogen) atoms. The lowest BCUT2D eigenvalue weighted by atomic mass is 10.2. The lowest BCUT2D eigenvalue weighted by molar-refractivity contribution is -0.133. The van der Waals surface area contributed by atoms with Crippen LogP contribution >= 0.6 is 0 Å². The van der Waals surface area contributed by atoms with Crippen LogP contribution in [-0.2, 0) is 9.53 Å². The van der Waals surface area contributed by atoms with E-state index < -0.39 is 0 Å². The van der Waals surface area contributed by atoms with Crippen LogP contribution in [0.2, 0.25) is 0 Å². The number of carbonyl (C=O) groups excluding carboxylic acids is 1. The van der Waals surface area contributed by atoms with E-state index in [4.69, 9.17) is 4.74 Å². The van der Waals surface area contributed by atoms with Crippen LogP contribution in [0.3, 0.4) is 0 Å². The predicted octanol–water partition coefficient (Wildman–Crippen LogP) is 0.329. The van der Waals surface area contributed by atoms with Gasteiger partial charge in [0.2, 0.25) is 5.91 Å². The zero-order valence-electron chi connectivity index (χ0n) is 9.45. The second-order valence-corrected chi connectivity index (χ2v) is 4.28. The van der Waals surface area contributed by atoms with E-state index in [9.17, 15) is 4.79 Å². The van der Waals surface area contributed by atoms with Gasteiger partial charge in [-0.25, -0.2) is 0 Å². The molecule has 1 atom stereocenters. The number of morpholine rings is 1. The fourth-order valence-corrected chi connectivity index (χ4v) is 2.44. The average molecular weight is 212 g/mol. The van der Waals surface area contributed by atoms with Gasteiger partial charge in [-0.05, 0) is 12.8 Å². The van der Waals surface area contributed by atoms with Crippen molar-refractivity contribution in [1.82, 2.24) is 9.80 Å². The first-order valence-corrected chi connectivity index (χ1v) is 5.93. The summed E-state index contributed by atoms with van der Waals surface area (Å²) in [7, 11) is 0. The molecule has 2 saturated heterocycles. The Morgan fingerprint density at radius 3 is 2.73 bits per heavy atom. The van der Waals surface area contributed by atoms with Gasteiger partial charge in [-0.15, -0.1) is 0 Å². The van der Waals surface area contributed by atoms with E-state index in [1.807, 2.05) is 4.90 Å². The highest BCUT2D eigenvalue weighted by atomic mass is 16.5. The van der Waals surface area contributed by atoms with Gasteiger partial charge in [-0.3, -0.25) is 9.69 Å². The maximum atomic E-state index is 12.0. The quantitative estimate of drug-likeness (QED) is 0.676. The third kappa shape index (κ3) is 2.32. The van der Waals surface area contributed by atoms with Crippen LogP contribution in [0.15, 0.2) is 0 Å². The van der Waals surface area contributed by atoms with Gasteiger partial charge < -0.3 is 9.64 Å². The minimum Gasteiger partial charge on any atom is -0.379 e. The summed E-state index contributed by atoms with van der Waals surface area (Å²) >= 11 is 0. The zero-order chi connectivity index (χ0) is 10.7. The highest BCUT2D eigenvalue weighted by molar-refractivity contribution is 5.84. The summed E-state index contributed by atoms with van der Waals surface area (Å²) in [6.07, 6.45) is 2.06. The Morgan fingerprint density at radius 1 is 1.33 bits per heavy atom. The van der Waals surface area contributed by atoms with Crippen molar-refractivity contribution in [2.45, 2.75) is 25.8 Å². The van der Waals surface area contributed by atoms with Gasteiger partial charge >= 0.3 is 0 Å². The van der Waals surface area contributed by atoms with E-state index in [0.29, 0.717) is 5.91 Å². The summed E-state index contributed by atoms with van der Waals surface area (Å²) < 4.78 is 5.30. The van der Waals surface area contributed by atoms with Crippen molar-refractivity contribution in [1.29, 1.82) is 0 Å². The standard InChI is InChI=1S/C11H20N2O2/c1-2-4-13-5-3-10(11(13)14)12-6-8-15-9-7-12/h10H,2-9H2,1H3. The third-order valence-corrected chi connectivity index (χ3v) is 3.25. The molecule has 0 radical (unpaired) electrons. The van der Waals surface area contributed by atoms with Gasteiger partial charge in [-0.1, -0.05) is 6.92 Å². The molecule has 0 aromatic heterocycles. The van der Waals surface area contributed by atoms with Gasteiger partial charge in [-0.2, -0.15) is 0 Å². The Bertz CT molecular complexity index is 227. The SMILES string of the molecule is CCCN1CCC(N2CCOCC2)C1=O. The Balaban J connectivity index is 1.90. The molecule has 2 fully saturated rings. The molecule has 1 amide bonds. The Kier molecular flexibility index (Phi) is 3.59. The Labute approximate surface area is 91.2 Å². The molecule has 4 heteroatoms. The number of carbonyl (C=O) groups is 1. The van der Waals surface area contributed by atoms with E-state index in [1.165, 1.54) is 0 Å². The van der Waals surface area contributed by atoms with Crippen molar-refractivity contribution in [3.05, 3.63) is 0 Å². The van der Waals surface area contributed by atoms with E-state index in [-0.39, 0.29) is 6.04 Å². The molecule has 1 unspecified atom stereocenters. The summed E-state index contributed by atoms with van der Waals surface area (Å²) in [5.74, 6) is 0.332. The normalized spacial score (nSPS) is 28.7. The number of hydrogen-bond acceptors (Lipinski definition) is 3. The molecular weight excluding hydrogens is 192 g/mol. The van der Waals surface area contributed by atoms with Gasteiger partial charge in [0.15, 0.2) is 0 Å². The molecule has 0 saturated carbocycles. The molecule has 0 aromatic rings. The van der Waals surface area contributed by atoms with Crippen LogP contribution in [0.25, 0.3) is 0 Å². The first-order valence-electron chi connectivity index (χ1n) is 5.93. The fraction of sp³-hybridized carbons (Fsp3) is 0.909. The second-order valence-electron chi connectivity index (χ2n) is 4.28. The lowest BCUT2D eigenvalue weighted by Crippen LogP contribution is -2.47. The van der Waals surface area contributed by atoms with Crippen LogP contribution in [0.4, 0.5) is 0 Å². The van der Waals surface area contributed by atoms with Crippen molar-refractivity contribution >= 4 is 5.91 Å². The molecular formula is C11H20N2O2. The second kappa shape index (κ2) is 4.94. The molecule has 0 N–H and O–H groups in total. The van der Waals surface area contributed by atoms with Crippen molar-refractivity contribution < 1.29 is 9.53 Å². The number of likely N-dealkylation sites (tertiary alicyclic amines) is 1. The van der Waals surface area contributed by atoms with E-state index in [0.717, 1.165) is 52.2 Å². The van der Waals surface area contributed by atoms with Crippen LogP contribution in [0.1, 0.15) is 19.8 Å². The Morgan fingerprint density at radius 2 is 2.07 bits per heavy atom. The molecule has 2 aliphatic heterocycles. The lowest BCUT2D eigenvalue weighted by Gasteiger charge is -2.31. The van der Waals surface area contributed by atoms with Crippen LogP contribution in [-0.4, -0.2) is 61.1 Å². The van der Waals surface area contributed by atoms with Crippen molar-refractivity contribution in [2.24, 2.45) is 0 Å². The van der Waals surface area contributed by atoms with Crippen molar-refractivity contribution in [3.63, 3.8) is 0 Å². The maximum Gasteiger partial charge on any atom is 0.239 e. The first-order chi connectivity index (χ1) is 7.33. The third-order valence-electron chi connectivity index (χ3n) is 3.25. The summed E-state index contributed by atoms with van der Waals surface area (Å²) in [5, 5.41) is 0. The van der Waals surface area contributed by atoms with E-state index in [2.05, 4.69) is 11.8 Å². The number of rotatable bonds is 3. The number of amides is 1. The van der Waals surface area contributed by atoms with Crippen LogP contribution < -0.4 is 0 Å². The minimum absolute atomic E-state index is 0.139. The van der Waals surface area contributed by atoms with E-state index >= 15 is 0 Å². The molecule has 0 bridgehead atoms. The summed E-state index contributed by atoms with van der Waals surface area (Å²) in [5.41, 5.74) is 0. The minimum atomic E-state index is 0.139. The summed E-state index contributed by atoms with van der Waals surface area (Å²) in [6, 6.07) is 0.139. The van der Waals surface area contributed by atoms with Gasteiger partial charge in [0.1, 0.15) is 0 Å². The molecule has 0 aromatic carbocycles. The van der Waals surface area contributed by atoms with Crippen LogP contribution in [0.5, 0.6) is 0 Å².